The fourth-order valence-electron chi connectivity index (χ4n) is 4.36. The van der Waals surface area contributed by atoms with Crippen molar-refractivity contribution in [3.63, 3.8) is 0 Å². The zero-order valence-corrected chi connectivity index (χ0v) is 19.0. The molecule has 0 saturated carbocycles. The third-order valence-corrected chi connectivity index (χ3v) is 7.16. The van der Waals surface area contributed by atoms with Crippen LogP contribution in [-0.2, 0) is 0 Å². The number of benzene rings is 2. The molecule has 2 N–H and O–H groups in total. The Hall–Kier alpha value is -3.75. The van der Waals surface area contributed by atoms with Crippen LogP contribution in [0, 0.1) is 0 Å². The molecule has 6 nitrogen and oxygen atoms in total. The van der Waals surface area contributed by atoms with E-state index in [1.807, 2.05) is 65.7 Å². The summed E-state index contributed by atoms with van der Waals surface area (Å²) in [6.07, 6.45) is 3.80. The molecule has 2 unspecified atom stereocenters. The number of phenols is 1. The molecular formula is C25H19N5OS2. The van der Waals surface area contributed by atoms with Crippen LogP contribution in [-0.4, -0.2) is 24.8 Å². The van der Waals surface area contributed by atoms with Crippen molar-refractivity contribution >= 4 is 44.6 Å². The molecule has 33 heavy (non-hydrogen) atoms. The summed E-state index contributed by atoms with van der Waals surface area (Å²) in [5, 5.41) is 15.5. The Morgan fingerprint density at radius 1 is 0.939 bits per heavy atom. The third-order valence-electron chi connectivity index (χ3n) is 5.81. The van der Waals surface area contributed by atoms with Crippen LogP contribution in [0.15, 0.2) is 91.3 Å². The van der Waals surface area contributed by atoms with E-state index in [2.05, 4.69) is 27.0 Å². The molecule has 5 aromatic rings. The van der Waals surface area contributed by atoms with Gasteiger partial charge in [0.1, 0.15) is 11.8 Å². The van der Waals surface area contributed by atoms with E-state index in [0.717, 1.165) is 26.7 Å². The average molecular weight is 470 g/mol. The summed E-state index contributed by atoms with van der Waals surface area (Å²) in [5.74, 6) is 0.173. The summed E-state index contributed by atoms with van der Waals surface area (Å²) in [6.45, 7) is 0. The van der Waals surface area contributed by atoms with Gasteiger partial charge < -0.3 is 15.3 Å². The van der Waals surface area contributed by atoms with Crippen molar-refractivity contribution in [1.29, 1.82) is 0 Å². The number of thiazole rings is 1. The van der Waals surface area contributed by atoms with Crippen LogP contribution in [0.2, 0.25) is 0 Å². The Balaban J connectivity index is 1.53. The molecule has 0 radical (unpaired) electrons. The Morgan fingerprint density at radius 2 is 1.76 bits per heavy atom. The number of rotatable bonds is 4. The first kappa shape index (κ1) is 19.9. The van der Waals surface area contributed by atoms with Gasteiger partial charge in [-0.1, -0.05) is 41.7 Å². The first-order valence-electron chi connectivity index (χ1n) is 10.5. The maximum absolute atomic E-state index is 10.7. The van der Waals surface area contributed by atoms with Gasteiger partial charge in [-0.3, -0.25) is 9.55 Å². The highest BCUT2D eigenvalue weighted by Gasteiger charge is 2.43. The van der Waals surface area contributed by atoms with Crippen LogP contribution in [0.25, 0.3) is 15.3 Å². The quantitative estimate of drug-likeness (QED) is 0.345. The van der Waals surface area contributed by atoms with E-state index < -0.39 is 0 Å². The topological polar surface area (TPSA) is 66.2 Å². The van der Waals surface area contributed by atoms with Gasteiger partial charge in [-0.15, -0.1) is 0 Å². The lowest BCUT2D eigenvalue weighted by molar-refractivity contribution is 0.472. The van der Waals surface area contributed by atoms with E-state index in [1.165, 1.54) is 0 Å². The minimum absolute atomic E-state index is 0.173. The number of para-hydroxylation sites is 3. The van der Waals surface area contributed by atoms with E-state index in [9.17, 15) is 5.11 Å². The number of fused-ring (bicyclic) bond motifs is 1. The molecule has 0 aliphatic carbocycles. The molecule has 3 aromatic heterocycles. The number of aromatic hydroxyl groups is 1. The van der Waals surface area contributed by atoms with Crippen LogP contribution in [0.3, 0.4) is 0 Å². The molecule has 4 heterocycles. The van der Waals surface area contributed by atoms with Crippen LogP contribution in [0.4, 0.5) is 5.69 Å². The molecule has 1 aliphatic heterocycles. The lowest BCUT2D eigenvalue weighted by Gasteiger charge is -2.28. The van der Waals surface area contributed by atoms with Crippen molar-refractivity contribution in [2.75, 3.05) is 4.90 Å². The molecule has 8 heteroatoms. The van der Waals surface area contributed by atoms with Gasteiger partial charge in [0.2, 0.25) is 0 Å². The van der Waals surface area contributed by atoms with Gasteiger partial charge in [-0.05, 0) is 60.7 Å². The largest absolute Gasteiger partial charge is 0.506 e. The summed E-state index contributed by atoms with van der Waals surface area (Å²) >= 11 is 7.42. The first-order valence-corrected chi connectivity index (χ1v) is 11.7. The first-order chi connectivity index (χ1) is 16.2. The van der Waals surface area contributed by atoms with Gasteiger partial charge in [-0.25, -0.2) is 4.98 Å². The summed E-state index contributed by atoms with van der Waals surface area (Å²) in [4.78, 5) is 11.4. The predicted octanol–water partition coefficient (Wildman–Crippen LogP) is 5.36. The molecule has 0 spiro atoms. The molecule has 162 valence electrons. The second kappa shape index (κ2) is 7.99. The summed E-state index contributed by atoms with van der Waals surface area (Å²) < 4.78 is 3.24. The molecule has 0 amide bonds. The number of nitrogens with one attached hydrogen (secondary N) is 1. The van der Waals surface area contributed by atoms with Crippen molar-refractivity contribution in [2.24, 2.45) is 0 Å². The number of phenolic OH excluding ortho intramolecular Hbond substituents is 1. The number of thiocarbonyl (C=S) groups is 1. The van der Waals surface area contributed by atoms with Crippen molar-refractivity contribution in [3.05, 3.63) is 103 Å². The molecule has 1 aliphatic rings. The summed E-state index contributed by atoms with van der Waals surface area (Å²) in [5.41, 5.74) is 3.49. The van der Waals surface area contributed by atoms with Crippen molar-refractivity contribution < 1.29 is 5.11 Å². The van der Waals surface area contributed by atoms with Crippen molar-refractivity contribution in [3.8, 4) is 10.9 Å². The summed E-state index contributed by atoms with van der Waals surface area (Å²) in [7, 11) is 0. The number of hydrogen-bond acceptors (Lipinski definition) is 5. The maximum Gasteiger partial charge on any atom is 0.194 e. The molecule has 0 bridgehead atoms. The smallest absolute Gasteiger partial charge is 0.194 e. The zero-order chi connectivity index (χ0) is 22.4. The molecule has 2 atom stereocenters. The summed E-state index contributed by atoms with van der Waals surface area (Å²) in [6, 6.07) is 24.9. The third kappa shape index (κ3) is 3.35. The van der Waals surface area contributed by atoms with Gasteiger partial charge in [-0.2, -0.15) is 0 Å². The zero-order valence-electron chi connectivity index (χ0n) is 17.4. The van der Waals surface area contributed by atoms with Gasteiger partial charge in [0.15, 0.2) is 10.2 Å². The Kier molecular flexibility index (Phi) is 4.82. The molecule has 6 rings (SSSR count). The highest BCUT2D eigenvalue weighted by molar-refractivity contribution is 7.80. The molecule has 1 saturated heterocycles. The van der Waals surface area contributed by atoms with Crippen LogP contribution in [0.5, 0.6) is 5.75 Å². The lowest BCUT2D eigenvalue weighted by Crippen LogP contribution is -2.30. The van der Waals surface area contributed by atoms with E-state index in [0.29, 0.717) is 10.8 Å². The Morgan fingerprint density at radius 3 is 2.58 bits per heavy atom. The maximum atomic E-state index is 10.7. The van der Waals surface area contributed by atoms with Crippen LogP contribution < -0.4 is 10.2 Å². The number of anilines is 1. The van der Waals surface area contributed by atoms with Crippen LogP contribution >= 0.6 is 23.6 Å². The number of pyridine rings is 1. The normalized spacial score (nSPS) is 18.1. The monoisotopic (exact) mass is 469 g/mol. The van der Waals surface area contributed by atoms with E-state index in [1.54, 1.807) is 29.7 Å². The van der Waals surface area contributed by atoms with Crippen LogP contribution in [0.1, 0.15) is 23.5 Å². The minimum Gasteiger partial charge on any atom is -0.506 e. The van der Waals surface area contributed by atoms with Crippen molar-refractivity contribution in [1.82, 2.24) is 19.9 Å². The van der Waals surface area contributed by atoms with E-state index >= 15 is 0 Å². The molecule has 2 aromatic carbocycles. The van der Waals surface area contributed by atoms with Gasteiger partial charge in [0.05, 0.1) is 33.3 Å². The SMILES string of the molecule is Oc1ccccc1N1C(=S)NC(c2ccccn2)C1c1cccn1-c1nc2ccccc2s1. The van der Waals surface area contributed by atoms with E-state index in [-0.39, 0.29) is 17.8 Å². The lowest BCUT2D eigenvalue weighted by atomic mass is 10.0. The van der Waals surface area contributed by atoms with Gasteiger partial charge >= 0.3 is 0 Å². The molecular weight excluding hydrogens is 450 g/mol. The highest BCUT2D eigenvalue weighted by atomic mass is 32.1. The second-order valence-corrected chi connectivity index (χ2v) is 9.15. The average Bonchev–Trinajstić information content (AvgIpc) is 3.56. The van der Waals surface area contributed by atoms with E-state index in [4.69, 9.17) is 17.2 Å². The fourth-order valence-corrected chi connectivity index (χ4v) is 5.66. The Labute approximate surface area is 199 Å². The Bertz CT molecular complexity index is 1430. The van der Waals surface area contributed by atoms with Gasteiger partial charge in [0.25, 0.3) is 0 Å². The fraction of sp³-hybridized carbons (Fsp3) is 0.0800. The second-order valence-electron chi connectivity index (χ2n) is 7.75. The number of hydrogen-bond donors (Lipinski definition) is 2. The standard InChI is InChI=1S/C25H19N5OS2/c31-20-12-3-2-10-18(20)30-23(22(28-24(30)32)17-9-5-6-14-26-17)19-11-7-15-29(19)25-27-16-8-1-4-13-21(16)33-25/h1-15,22-23,31H,(H,28,32). The molecule has 1 fully saturated rings. The number of aromatic nitrogens is 3. The highest BCUT2D eigenvalue weighted by Crippen LogP contribution is 2.44. The minimum atomic E-state index is -0.247. The van der Waals surface area contributed by atoms with Crippen molar-refractivity contribution in [2.45, 2.75) is 12.1 Å². The van der Waals surface area contributed by atoms with Gasteiger partial charge in [0, 0.05) is 12.4 Å². The predicted molar refractivity (Wildman–Crippen MR) is 135 cm³/mol. The number of nitrogens with zero attached hydrogens (tertiary/aromatic N) is 4.